The van der Waals surface area contributed by atoms with Crippen molar-refractivity contribution in [3.05, 3.63) is 40.6 Å². The molecule has 1 aromatic carbocycles. The van der Waals surface area contributed by atoms with Gasteiger partial charge in [-0.05, 0) is 55.9 Å². The first-order chi connectivity index (χ1) is 12.5. The molecule has 136 valence electrons. The van der Waals surface area contributed by atoms with Crippen LogP contribution in [-0.2, 0) is 4.79 Å². The molecule has 0 atom stereocenters. The summed E-state index contributed by atoms with van der Waals surface area (Å²) in [5.74, 6) is 1.37. The number of methoxy groups -OCH3 is 1. The molecule has 0 radical (unpaired) electrons. The molecular weight excluding hydrogens is 328 g/mol. The molecule has 6 heteroatoms. The maximum Gasteiger partial charge on any atom is 0.318 e. The predicted octanol–water partition coefficient (Wildman–Crippen LogP) is 4.07. The first-order valence-electron chi connectivity index (χ1n) is 8.83. The zero-order chi connectivity index (χ0) is 18.7. The Morgan fingerprint density at radius 1 is 1.19 bits per heavy atom. The van der Waals surface area contributed by atoms with E-state index in [1.165, 1.54) is 18.9 Å². The minimum atomic E-state index is 0.307. The fourth-order valence-electron chi connectivity index (χ4n) is 3.50. The number of aromatic nitrogens is 2. The molecule has 1 aromatic heterocycles. The second-order valence-electron chi connectivity index (χ2n) is 6.76. The number of hydrogen-bond donors (Lipinski definition) is 2. The number of nitrogens with one attached hydrogen (secondary N) is 2. The van der Waals surface area contributed by atoms with Crippen LogP contribution in [0.15, 0.2) is 18.2 Å². The SMILES string of the molecule is COc1nc(C)cc(Nc2cc(C3CCC(=O)CC3)c(C)cc2C=N)n1. The van der Waals surface area contributed by atoms with Crippen molar-refractivity contribution >= 4 is 23.5 Å². The van der Waals surface area contributed by atoms with Crippen LogP contribution in [0.25, 0.3) is 0 Å². The molecule has 2 aromatic rings. The van der Waals surface area contributed by atoms with Gasteiger partial charge in [0.2, 0.25) is 0 Å². The molecule has 0 amide bonds. The van der Waals surface area contributed by atoms with Gasteiger partial charge in [0.15, 0.2) is 0 Å². The lowest BCUT2D eigenvalue weighted by atomic mass is 9.81. The van der Waals surface area contributed by atoms with Crippen molar-refractivity contribution in [2.75, 3.05) is 12.4 Å². The molecule has 0 spiro atoms. The average molecular weight is 352 g/mol. The van der Waals surface area contributed by atoms with E-state index in [9.17, 15) is 4.79 Å². The van der Waals surface area contributed by atoms with E-state index in [0.717, 1.165) is 35.3 Å². The van der Waals surface area contributed by atoms with Gasteiger partial charge in [-0.25, -0.2) is 4.98 Å². The molecule has 26 heavy (non-hydrogen) atoms. The summed E-state index contributed by atoms with van der Waals surface area (Å²) >= 11 is 0. The van der Waals surface area contributed by atoms with Gasteiger partial charge in [-0.3, -0.25) is 4.79 Å². The Bertz CT molecular complexity index is 838. The lowest BCUT2D eigenvalue weighted by molar-refractivity contribution is -0.120. The van der Waals surface area contributed by atoms with Crippen molar-refractivity contribution in [2.45, 2.75) is 45.4 Å². The molecule has 0 bridgehead atoms. The number of aryl methyl sites for hydroxylation is 2. The molecule has 1 fully saturated rings. The Kier molecular flexibility index (Phi) is 5.30. The lowest BCUT2D eigenvalue weighted by Gasteiger charge is -2.24. The minimum Gasteiger partial charge on any atom is -0.467 e. The number of ketones is 1. The zero-order valence-electron chi connectivity index (χ0n) is 15.4. The maximum absolute atomic E-state index is 11.6. The van der Waals surface area contributed by atoms with E-state index in [1.807, 2.05) is 19.1 Å². The summed E-state index contributed by atoms with van der Waals surface area (Å²) in [6, 6.07) is 6.27. The highest BCUT2D eigenvalue weighted by atomic mass is 16.5. The number of ether oxygens (including phenoxy) is 1. The molecule has 3 rings (SSSR count). The molecule has 6 nitrogen and oxygen atoms in total. The van der Waals surface area contributed by atoms with Crippen molar-refractivity contribution in [1.29, 1.82) is 5.41 Å². The van der Waals surface area contributed by atoms with Gasteiger partial charge in [0, 0.05) is 42.1 Å². The van der Waals surface area contributed by atoms with Crippen molar-refractivity contribution < 1.29 is 9.53 Å². The monoisotopic (exact) mass is 352 g/mol. The Balaban J connectivity index is 1.95. The van der Waals surface area contributed by atoms with E-state index in [2.05, 4.69) is 28.3 Å². The minimum absolute atomic E-state index is 0.307. The van der Waals surface area contributed by atoms with Crippen LogP contribution in [0, 0.1) is 19.3 Å². The van der Waals surface area contributed by atoms with Crippen molar-refractivity contribution in [3.8, 4) is 6.01 Å². The molecule has 0 unspecified atom stereocenters. The number of rotatable bonds is 5. The number of hydrogen-bond acceptors (Lipinski definition) is 6. The zero-order valence-corrected chi connectivity index (χ0v) is 15.4. The van der Waals surface area contributed by atoms with Gasteiger partial charge < -0.3 is 15.5 Å². The number of Topliss-reactive ketones (excluding diaryl/α,β-unsaturated/α-hetero) is 1. The number of benzene rings is 1. The highest BCUT2D eigenvalue weighted by Crippen LogP contribution is 2.36. The fraction of sp³-hybridized carbons (Fsp3) is 0.400. The highest BCUT2D eigenvalue weighted by molar-refractivity contribution is 5.88. The number of nitrogens with zero attached hydrogens (tertiary/aromatic N) is 2. The van der Waals surface area contributed by atoms with Crippen LogP contribution < -0.4 is 10.1 Å². The summed E-state index contributed by atoms with van der Waals surface area (Å²) < 4.78 is 5.14. The van der Waals surface area contributed by atoms with Crippen LogP contribution in [0.4, 0.5) is 11.5 Å². The van der Waals surface area contributed by atoms with Crippen LogP contribution in [0.3, 0.4) is 0 Å². The third-order valence-electron chi connectivity index (χ3n) is 4.86. The summed E-state index contributed by atoms with van der Waals surface area (Å²) in [5, 5.41) is 11.0. The molecule has 1 heterocycles. The smallest absolute Gasteiger partial charge is 0.318 e. The average Bonchev–Trinajstić information content (AvgIpc) is 2.63. The summed E-state index contributed by atoms with van der Waals surface area (Å²) in [5.41, 5.74) is 4.83. The molecule has 1 aliphatic carbocycles. The third kappa shape index (κ3) is 3.90. The van der Waals surface area contributed by atoms with E-state index < -0.39 is 0 Å². The van der Waals surface area contributed by atoms with Gasteiger partial charge in [-0.1, -0.05) is 0 Å². The summed E-state index contributed by atoms with van der Waals surface area (Å²) in [6.45, 7) is 3.95. The van der Waals surface area contributed by atoms with E-state index in [-0.39, 0.29) is 0 Å². The van der Waals surface area contributed by atoms with Gasteiger partial charge >= 0.3 is 6.01 Å². The predicted molar refractivity (Wildman–Crippen MR) is 102 cm³/mol. The van der Waals surface area contributed by atoms with Crippen molar-refractivity contribution in [2.24, 2.45) is 0 Å². The van der Waals surface area contributed by atoms with Gasteiger partial charge in [0.25, 0.3) is 0 Å². The maximum atomic E-state index is 11.6. The molecule has 1 aliphatic rings. The first kappa shape index (κ1) is 18.0. The van der Waals surface area contributed by atoms with Crippen LogP contribution in [0.5, 0.6) is 6.01 Å². The third-order valence-corrected chi connectivity index (χ3v) is 4.86. The quantitative estimate of drug-likeness (QED) is 0.792. The largest absolute Gasteiger partial charge is 0.467 e. The van der Waals surface area contributed by atoms with Crippen LogP contribution >= 0.6 is 0 Å². The van der Waals surface area contributed by atoms with Gasteiger partial charge in [0.1, 0.15) is 11.6 Å². The number of carbonyl (C=O) groups is 1. The number of anilines is 2. The highest BCUT2D eigenvalue weighted by Gasteiger charge is 2.22. The van der Waals surface area contributed by atoms with Crippen LogP contribution in [0.1, 0.15) is 54.0 Å². The van der Waals surface area contributed by atoms with E-state index in [1.54, 1.807) is 0 Å². The van der Waals surface area contributed by atoms with Gasteiger partial charge in [-0.15, -0.1) is 0 Å². The van der Waals surface area contributed by atoms with Gasteiger partial charge in [0.05, 0.1) is 7.11 Å². The molecule has 1 saturated carbocycles. The van der Waals surface area contributed by atoms with E-state index in [4.69, 9.17) is 10.1 Å². The first-order valence-corrected chi connectivity index (χ1v) is 8.83. The second-order valence-corrected chi connectivity index (χ2v) is 6.76. The summed E-state index contributed by atoms with van der Waals surface area (Å²) in [7, 11) is 1.54. The van der Waals surface area contributed by atoms with Crippen LogP contribution in [-0.4, -0.2) is 29.1 Å². The Hall–Kier alpha value is -2.76. The summed E-state index contributed by atoms with van der Waals surface area (Å²) in [6.07, 6.45) is 4.44. The van der Waals surface area contributed by atoms with E-state index >= 15 is 0 Å². The standard InChI is InChI=1S/C20H24N4O2/c1-12-8-15(11-21)18(10-17(12)14-4-6-16(25)7-5-14)23-19-9-13(2)22-20(24-19)26-3/h8-11,14,21H,4-7H2,1-3H3,(H,22,23,24). The fourth-order valence-corrected chi connectivity index (χ4v) is 3.50. The molecule has 0 aliphatic heterocycles. The molecular formula is C20H24N4O2. The lowest BCUT2D eigenvalue weighted by Crippen LogP contribution is -2.14. The van der Waals surface area contributed by atoms with Crippen molar-refractivity contribution in [1.82, 2.24) is 9.97 Å². The van der Waals surface area contributed by atoms with E-state index in [0.29, 0.717) is 36.4 Å². The Morgan fingerprint density at radius 2 is 1.92 bits per heavy atom. The number of carbonyl (C=O) groups excluding carboxylic acids is 1. The van der Waals surface area contributed by atoms with Crippen molar-refractivity contribution in [3.63, 3.8) is 0 Å². The Labute approximate surface area is 153 Å². The second kappa shape index (κ2) is 7.64. The molecule has 2 N–H and O–H groups in total. The summed E-state index contributed by atoms with van der Waals surface area (Å²) in [4.78, 5) is 20.1. The Morgan fingerprint density at radius 3 is 2.58 bits per heavy atom. The normalized spacial score (nSPS) is 15.0. The molecule has 0 saturated heterocycles. The topological polar surface area (TPSA) is 88.0 Å². The van der Waals surface area contributed by atoms with Crippen LogP contribution in [0.2, 0.25) is 0 Å². The van der Waals surface area contributed by atoms with Gasteiger partial charge in [-0.2, -0.15) is 4.98 Å².